The van der Waals surface area contributed by atoms with Gasteiger partial charge in [-0.05, 0) is 30.5 Å². The molecule has 0 spiro atoms. The van der Waals surface area contributed by atoms with Crippen LogP contribution in [0, 0.1) is 5.82 Å². The highest BCUT2D eigenvalue weighted by Gasteiger charge is 2.50. The van der Waals surface area contributed by atoms with Crippen LogP contribution < -0.4 is 15.4 Å². The van der Waals surface area contributed by atoms with Crippen LogP contribution in [0.3, 0.4) is 0 Å². The number of fused-ring (bicyclic) bond motifs is 2. The van der Waals surface area contributed by atoms with E-state index in [4.69, 9.17) is 20.9 Å². The SMILES string of the molecule is CC(C)(C)c1cc(C(=O)NC23CC(=C(NC(=O)COc4ccc(Cl)c(F)c4)[C@@H](O)C2)C3)on1. The molecule has 3 aliphatic carbocycles. The van der Waals surface area contributed by atoms with Gasteiger partial charge < -0.3 is 25.0 Å². The molecule has 1 saturated carbocycles. The molecular weight excluding hydrogens is 453 g/mol. The standard InChI is InChI=1S/C23H25ClFN3O5/c1-22(2,3)18-7-17(33-28-18)21(31)27-23-8-12(9-23)20(16(29)10-23)26-19(30)11-32-13-4-5-14(24)15(25)6-13/h4-7,16,29H,8-11H2,1-3H3,(H,26,30)(H,27,31)/t16-/m0/s1. The molecule has 1 heterocycles. The molecule has 176 valence electrons. The van der Waals surface area contributed by atoms with Gasteiger partial charge in [0.1, 0.15) is 11.6 Å². The topological polar surface area (TPSA) is 114 Å². The van der Waals surface area contributed by atoms with Crippen LogP contribution >= 0.6 is 11.6 Å². The van der Waals surface area contributed by atoms with Crippen molar-refractivity contribution in [1.82, 2.24) is 15.8 Å². The molecule has 1 atom stereocenters. The Hall–Kier alpha value is -2.91. The molecule has 2 aromatic rings. The van der Waals surface area contributed by atoms with E-state index in [1.54, 1.807) is 6.07 Å². The number of carbonyl (C=O) groups excluding carboxylic acids is 2. The molecule has 0 aliphatic heterocycles. The number of aromatic nitrogens is 1. The maximum atomic E-state index is 13.5. The lowest BCUT2D eigenvalue weighted by Crippen LogP contribution is -2.61. The van der Waals surface area contributed by atoms with E-state index >= 15 is 0 Å². The summed E-state index contributed by atoms with van der Waals surface area (Å²) in [6.07, 6.45) is 0.324. The number of aliphatic hydroxyl groups is 1. The molecule has 3 aliphatic rings. The second-order valence-corrected chi connectivity index (χ2v) is 9.97. The van der Waals surface area contributed by atoms with Gasteiger partial charge in [-0.25, -0.2) is 4.39 Å². The largest absolute Gasteiger partial charge is 0.484 e. The number of rotatable bonds is 6. The minimum Gasteiger partial charge on any atom is -0.484 e. The average Bonchev–Trinajstić information content (AvgIpc) is 3.21. The van der Waals surface area contributed by atoms with E-state index in [-0.39, 0.29) is 40.9 Å². The molecule has 8 nitrogen and oxygen atoms in total. The zero-order valence-corrected chi connectivity index (χ0v) is 19.3. The predicted octanol–water partition coefficient (Wildman–Crippen LogP) is 3.24. The van der Waals surface area contributed by atoms with Crippen molar-refractivity contribution >= 4 is 23.4 Å². The molecule has 33 heavy (non-hydrogen) atoms. The molecule has 1 aromatic carbocycles. The van der Waals surface area contributed by atoms with E-state index < -0.39 is 23.4 Å². The summed E-state index contributed by atoms with van der Waals surface area (Å²) in [7, 11) is 0. The highest BCUT2D eigenvalue weighted by Crippen LogP contribution is 2.48. The number of halogens is 2. The van der Waals surface area contributed by atoms with Crippen molar-refractivity contribution in [2.75, 3.05) is 6.61 Å². The fourth-order valence-corrected chi connectivity index (χ4v) is 4.18. The molecule has 2 amide bonds. The number of nitrogens with one attached hydrogen (secondary N) is 2. The van der Waals surface area contributed by atoms with Gasteiger partial charge in [0.2, 0.25) is 5.76 Å². The number of ether oxygens (including phenoxy) is 1. The van der Waals surface area contributed by atoms with Gasteiger partial charge in [0.25, 0.3) is 11.8 Å². The first-order valence-electron chi connectivity index (χ1n) is 10.5. The predicted molar refractivity (Wildman–Crippen MR) is 117 cm³/mol. The van der Waals surface area contributed by atoms with Crippen LogP contribution in [0.2, 0.25) is 5.02 Å². The summed E-state index contributed by atoms with van der Waals surface area (Å²) < 4.78 is 24.0. The molecule has 0 saturated heterocycles. The second-order valence-electron chi connectivity index (χ2n) is 9.56. The lowest BCUT2D eigenvalue weighted by atomic mass is 9.63. The van der Waals surface area contributed by atoms with Gasteiger partial charge in [0.15, 0.2) is 6.61 Å². The maximum absolute atomic E-state index is 13.5. The summed E-state index contributed by atoms with van der Waals surface area (Å²) in [6.45, 7) is 5.56. The molecule has 10 heteroatoms. The third-order valence-corrected chi connectivity index (χ3v) is 6.12. The van der Waals surface area contributed by atoms with Crippen molar-refractivity contribution in [2.24, 2.45) is 0 Å². The lowest BCUT2D eigenvalue weighted by Gasteiger charge is -2.51. The van der Waals surface area contributed by atoms with E-state index in [0.29, 0.717) is 24.2 Å². The van der Waals surface area contributed by atoms with E-state index in [1.807, 2.05) is 20.8 Å². The molecule has 0 unspecified atom stereocenters. The molecule has 1 aromatic heterocycles. The van der Waals surface area contributed by atoms with Gasteiger partial charge >= 0.3 is 0 Å². The first kappa shape index (κ1) is 23.3. The zero-order chi connectivity index (χ0) is 24.0. The van der Waals surface area contributed by atoms with Gasteiger partial charge in [-0.3, -0.25) is 9.59 Å². The Morgan fingerprint density at radius 1 is 1.33 bits per heavy atom. The van der Waals surface area contributed by atoms with E-state index in [2.05, 4.69) is 15.8 Å². The van der Waals surface area contributed by atoms with Gasteiger partial charge in [0, 0.05) is 29.7 Å². The minimum atomic E-state index is -0.945. The van der Waals surface area contributed by atoms with Crippen LogP contribution in [-0.4, -0.2) is 40.3 Å². The molecule has 5 rings (SSSR count). The highest BCUT2D eigenvalue weighted by molar-refractivity contribution is 6.30. The Morgan fingerprint density at radius 2 is 2.06 bits per heavy atom. The number of hydrogen-bond donors (Lipinski definition) is 3. The fraction of sp³-hybridized carbons (Fsp3) is 0.435. The fourth-order valence-electron chi connectivity index (χ4n) is 4.06. The number of carbonyl (C=O) groups is 2. The van der Waals surface area contributed by atoms with Crippen LogP contribution in [-0.2, 0) is 10.2 Å². The van der Waals surface area contributed by atoms with Gasteiger partial charge in [0.05, 0.1) is 22.4 Å². The maximum Gasteiger partial charge on any atom is 0.290 e. The summed E-state index contributed by atoms with van der Waals surface area (Å²) in [5.74, 6) is -1.22. The van der Waals surface area contributed by atoms with Crippen molar-refractivity contribution in [3.05, 3.63) is 57.8 Å². The van der Waals surface area contributed by atoms with E-state index in [1.165, 1.54) is 12.1 Å². The van der Waals surface area contributed by atoms with Crippen LogP contribution in [0.1, 0.15) is 56.3 Å². The Bertz CT molecular complexity index is 1130. The molecule has 3 N–H and O–H groups in total. The van der Waals surface area contributed by atoms with Gasteiger partial charge in [-0.2, -0.15) is 0 Å². The first-order chi connectivity index (χ1) is 15.5. The number of aliphatic hydroxyl groups excluding tert-OH is 1. The summed E-state index contributed by atoms with van der Waals surface area (Å²) in [5.41, 5.74) is 1.12. The van der Waals surface area contributed by atoms with Gasteiger partial charge in [-0.15, -0.1) is 0 Å². The van der Waals surface area contributed by atoms with E-state index in [9.17, 15) is 19.1 Å². The molecular formula is C23H25ClFN3O5. The minimum absolute atomic E-state index is 0.0393. The Labute approximate surface area is 195 Å². The number of hydrogen-bond acceptors (Lipinski definition) is 6. The van der Waals surface area contributed by atoms with Crippen molar-refractivity contribution < 1.29 is 28.3 Å². The van der Waals surface area contributed by atoms with Crippen LogP contribution in [0.15, 0.2) is 40.1 Å². The van der Waals surface area contributed by atoms with Crippen molar-refractivity contribution in [3.63, 3.8) is 0 Å². The second kappa shape index (κ2) is 8.46. The van der Waals surface area contributed by atoms with Crippen LogP contribution in [0.5, 0.6) is 5.75 Å². The van der Waals surface area contributed by atoms with Crippen LogP contribution in [0.4, 0.5) is 4.39 Å². The Balaban J connectivity index is 1.34. The normalized spacial score (nSPS) is 21.9. The quantitative estimate of drug-likeness (QED) is 0.588. The number of benzene rings is 1. The summed E-state index contributed by atoms with van der Waals surface area (Å²) in [6, 6.07) is 5.51. The van der Waals surface area contributed by atoms with Crippen LogP contribution in [0.25, 0.3) is 0 Å². The molecule has 0 radical (unpaired) electrons. The Kier molecular flexibility index (Phi) is 5.96. The first-order valence-corrected chi connectivity index (χ1v) is 10.9. The number of nitrogens with zero attached hydrogens (tertiary/aromatic N) is 1. The van der Waals surface area contributed by atoms with Crippen molar-refractivity contribution in [1.29, 1.82) is 0 Å². The molecule has 2 bridgehead atoms. The Morgan fingerprint density at radius 3 is 2.67 bits per heavy atom. The summed E-state index contributed by atoms with van der Waals surface area (Å²) in [5, 5.41) is 20.1. The van der Waals surface area contributed by atoms with E-state index in [0.717, 1.165) is 11.6 Å². The summed E-state index contributed by atoms with van der Waals surface area (Å²) in [4.78, 5) is 24.9. The smallest absolute Gasteiger partial charge is 0.290 e. The van der Waals surface area contributed by atoms with Gasteiger partial charge in [-0.1, -0.05) is 37.5 Å². The van der Waals surface area contributed by atoms with Crippen molar-refractivity contribution in [3.8, 4) is 5.75 Å². The lowest BCUT2D eigenvalue weighted by molar-refractivity contribution is -0.123. The highest BCUT2D eigenvalue weighted by atomic mass is 35.5. The molecule has 1 fully saturated rings. The monoisotopic (exact) mass is 477 g/mol. The summed E-state index contributed by atoms with van der Waals surface area (Å²) >= 11 is 5.63. The zero-order valence-electron chi connectivity index (χ0n) is 18.5. The third-order valence-electron chi connectivity index (χ3n) is 5.82. The number of amides is 2. The average molecular weight is 478 g/mol. The third kappa shape index (κ3) is 4.89. The van der Waals surface area contributed by atoms with Crippen molar-refractivity contribution in [2.45, 2.75) is 57.1 Å².